The van der Waals surface area contributed by atoms with Crippen LogP contribution in [-0.4, -0.2) is 11.8 Å². The Morgan fingerprint density at radius 2 is 1.43 bits per heavy atom. The van der Waals surface area contributed by atoms with Crippen molar-refractivity contribution < 1.29 is 22.8 Å². The minimum atomic E-state index is -4.47. The molecular weight excluding hydrogens is 377 g/mol. The molecule has 4 nitrogen and oxygen atoms in total. The number of benzene rings is 2. The van der Waals surface area contributed by atoms with Gasteiger partial charge in [0.05, 0.1) is 11.1 Å². The quantitative estimate of drug-likeness (QED) is 0.775. The third kappa shape index (κ3) is 4.32. The van der Waals surface area contributed by atoms with Crippen LogP contribution >= 0.6 is 15.9 Å². The van der Waals surface area contributed by atoms with E-state index >= 15 is 0 Å². The molecule has 0 saturated carbocycles. The number of alkyl halides is 3. The normalized spacial score (nSPS) is 11.0. The van der Waals surface area contributed by atoms with Crippen LogP contribution < -0.4 is 10.9 Å². The summed E-state index contributed by atoms with van der Waals surface area (Å²) in [6, 6.07) is 10.2. The molecule has 0 unspecified atom stereocenters. The summed E-state index contributed by atoms with van der Waals surface area (Å²) in [4.78, 5) is 23.7. The number of amides is 2. The van der Waals surface area contributed by atoms with Crippen molar-refractivity contribution in [2.24, 2.45) is 0 Å². The molecular formula is C15H10BrF3N2O2. The van der Waals surface area contributed by atoms with E-state index in [1.165, 1.54) is 0 Å². The summed E-state index contributed by atoms with van der Waals surface area (Å²) >= 11 is 3.20. The summed E-state index contributed by atoms with van der Waals surface area (Å²) in [6.45, 7) is 0. The summed E-state index contributed by atoms with van der Waals surface area (Å²) in [5.41, 5.74) is 3.78. The van der Waals surface area contributed by atoms with Crippen LogP contribution in [-0.2, 0) is 6.18 Å². The summed E-state index contributed by atoms with van der Waals surface area (Å²) < 4.78 is 37.9. The topological polar surface area (TPSA) is 58.2 Å². The van der Waals surface area contributed by atoms with Gasteiger partial charge < -0.3 is 0 Å². The largest absolute Gasteiger partial charge is 0.416 e. The minimum absolute atomic E-state index is 0.00886. The number of hydrogen-bond donors (Lipinski definition) is 2. The zero-order valence-electron chi connectivity index (χ0n) is 11.4. The lowest BCUT2D eigenvalue weighted by Gasteiger charge is -2.10. The van der Waals surface area contributed by atoms with Gasteiger partial charge in [-0.15, -0.1) is 0 Å². The molecule has 2 N–H and O–H groups in total. The van der Waals surface area contributed by atoms with Gasteiger partial charge in [0.15, 0.2) is 0 Å². The Morgan fingerprint density at radius 3 is 2.00 bits per heavy atom. The van der Waals surface area contributed by atoms with E-state index in [2.05, 4.69) is 26.8 Å². The van der Waals surface area contributed by atoms with Gasteiger partial charge in [0.2, 0.25) is 0 Å². The number of hydrogen-bond acceptors (Lipinski definition) is 2. The Morgan fingerprint density at radius 1 is 0.870 bits per heavy atom. The van der Waals surface area contributed by atoms with E-state index in [1.807, 2.05) is 0 Å². The first kappa shape index (κ1) is 17.0. The van der Waals surface area contributed by atoms with Crippen molar-refractivity contribution in [2.75, 3.05) is 0 Å². The first-order valence-corrected chi connectivity index (χ1v) is 7.11. The molecule has 0 fully saturated rings. The van der Waals surface area contributed by atoms with E-state index < -0.39 is 23.6 Å². The molecule has 2 aromatic rings. The van der Waals surface area contributed by atoms with Crippen molar-refractivity contribution in [3.05, 3.63) is 69.7 Å². The zero-order valence-corrected chi connectivity index (χ0v) is 13.0. The van der Waals surface area contributed by atoms with Gasteiger partial charge in [-0.25, -0.2) is 0 Å². The van der Waals surface area contributed by atoms with E-state index in [-0.39, 0.29) is 5.56 Å². The summed E-state index contributed by atoms with van der Waals surface area (Å²) in [6.07, 6.45) is -4.47. The number of rotatable bonds is 2. The van der Waals surface area contributed by atoms with E-state index in [4.69, 9.17) is 0 Å². The fourth-order valence-electron chi connectivity index (χ4n) is 1.71. The average Bonchev–Trinajstić information content (AvgIpc) is 2.52. The first-order chi connectivity index (χ1) is 10.8. The number of hydrazine groups is 1. The predicted molar refractivity (Wildman–Crippen MR) is 80.5 cm³/mol. The number of carbonyl (C=O) groups excluding carboxylic acids is 2. The van der Waals surface area contributed by atoms with Crippen molar-refractivity contribution in [2.45, 2.75) is 6.18 Å². The van der Waals surface area contributed by atoms with Crippen molar-refractivity contribution in [1.29, 1.82) is 0 Å². The van der Waals surface area contributed by atoms with Crippen LogP contribution in [0.15, 0.2) is 53.0 Å². The maximum Gasteiger partial charge on any atom is 0.416 e. The summed E-state index contributed by atoms with van der Waals surface area (Å²) in [5.74, 6) is -1.28. The zero-order chi connectivity index (χ0) is 17.0. The molecule has 0 bridgehead atoms. The molecule has 120 valence electrons. The maximum absolute atomic E-state index is 12.4. The van der Waals surface area contributed by atoms with E-state index in [9.17, 15) is 22.8 Å². The molecule has 0 aliphatic heterocycles. The van der Waals surface area contributed by atoms with Crippen LogP contribution in [0, 0.1) is 0 Å². The third-order valence-electron chi connectivity index (χ3n) is 2.88. The maximum atomic E-state index is 12.4. The molecule has 2 amide bonds. The lowest BCUT2D eigenvalue weighted by atomic mass is 10.1. The van der Waals surface area contributed by atoms with E-state index in [0.717, 1.165) is 24.3 Å². The van der Waals surface area contributed by atoms with Crippen molar-refractivity contribution in [3.8, 4) is 0 Å². The van der Waals surface area contributed by atoms with Gasteiger partial charge in [-0.2, -0.15) is 13.2 Å². The van der Waals surface area contributed by atoms with Crippen LogP contribution in [0.4, 0.5) is 13.2 Å². The molecule has 8 heteroatoms. The summed E-state index contributed by atoms with van der Waals surface area (Å²) in [7, 11) is 0. The molecule has 0 aliphatic rings. The van der Waals surface area contributed by atoms with E-state index in [1.54, 1.807) is 24.3 Å². The van der Waals surface area contributed by atoms with Crippen molar-refractivity contribution in [3.63, 3.8) is 0 Å². The fourth-order valence-corrected chi connectivity index (χ4v) is 2.17. The molecule has 2 rings (SSSR count). The highest BCUT2D eigenvalue weighted by atomic mass is 79.9. The minimum Gasteiger partial charge on any atom is -0.267 e. The van der Waals surface area contributed by atoms with Crippen LogP contribution in [0.5, 0.6) is 0 Å². The number of nitrogens with one attached hydrogen (secondary N) is 2. The molecule has 0 atom stereocenters. The smallest absolute Gasteiger partial charge is 0.267 e. The van der Waals surface area contributed by atoms with Crippen molar-refractivity contribution >= 4 is 27.7 Å². The van der Waals surface area contributed by atoms with Crippen molar-refractivity contribution in [1.82, 2.24) is 10.9 Å². The predicted octanol–water partition coefficient (Wildman–Crippen LogP) is 3.54. The molecule has 0 saturated heterocycles. The summed E-state index contributed by atoms with van der Waals surface area (Å²) in [5, 5.41) is 0. The van der Waals surface area contributed by atoms with Crippen LogP contribution in [0.2, 0.25) is 0 Å². The van der Waals surface area contributed by atoms with Gasteiger partial charge in [0.25, 0.3) is 11.8 Å². The van der Waals surface area contributed by atoms with Gasteiger partial charge in [-0.05, 0) is 52.3 Å². The van der Waals surface area contributed by atoms with Crippen LogP contribution in [0.1, 0.15) is 26.3 Å². The molecule has 0 heterocycles. The van der Waals surface area contributed by atoms with Crippen LogP contribution in [0.25, 0.3) is 0 Å². The van der Waals surface area contributed by atoms with Gasteiger partial charge >= 0.3 is 6.18 Å². The highest BCUT2D eigenvalue weighted by Gasteiger charge is 2.30. The van der Waals surface area contributed by atoms with Crippen LogP contribution in [0.3, 0.4) is 0 Å². The Balaban J connectivity index is 2.00. The first-order valence-electron chi connectivity index (χ1n) is 6.31. The third-order valence-corrected chi connectivity index (χ3v) is 3.57. The monoisotopic (exact) mass is 386 g/mol. The molecule has 0 aliphatic carbocycles. The highest BCUT2D eigenvalue weighted by molar-refractivity contribution is 9.10. The van der Waals surface area contributed by atoms with Gasteiger partial charge in [-0.1, -0.05) is 12.1 Å². The lowest BCUT2D eigenvalue weighted by molar-refractivity contribution is -0.137. The molecule has 0 spiro atoms. The second-order valence-electron chi connectivity index (χ2n) is 4.46. The second kappa shape index (κ2) is 6.82. The average molecular weight is 387 g/mol. The highest BCUT2D eigenvalue weighted by Crippen LogP contribution is 2.29. The van der Waals surface area contributed by atoms with E-state index in [0.29, 0.717) is 10.0 Å². The lowest BCUT2D eigenvalue weighted by Crippen LogP contribution is -2.41. The Bertz CT molecular complexity index is 730. The van der Waals surface area contributed by atoms with Gasteiger partial charge in [0.1, 0.15) is 0 Å². The standard InChI is InChI=1S/C15H10BrF3N2O2/c16-12-4-2-1-3-11(12)14(23)21-20-13(22)9-5-7-10(8-6-9)15(17,18)19/h1-8H,(H,20,22)(H,21,23). The molecule has 23 heavy (non-hydrogen) atoms. The van der Waals surface area contributed by atoms with Gasteiger partial charge in [0, 0.05) is 10.0 Å². The van der Waals surface area contributed by atoms with Gasteiger partial charge in [-0.3, -0.25) is 20.4 Å². The second-order valence-corrected chi connectivity index (χ2v) is 5.32. The Kier molecular flexibility index (Phi) is 5.05. The molecule has 2 aromatic carbocycles. The number of carbonyl (C=O) groups is 2. The SMILES string of the molecule is O=C(NNC(=O)c1ccccc1Br)c1ccc(C(F)(F)F)cc1. The molecule has 0 aromatic heterocycles. The fraction of sp³-hybridized carbons (Fsp3) is 0.0667. The Hall–Kier alpha value is -2.35. The Labute approximate surface area is 137 Å². The number of halogens is 4. The molecule has 0 radical (unpaired) electrons.